The van der Waals surface area contributed by atoms with Crippen molar-refractivity contribution < 1.29 is 9.90 Å². The Morgan fingerprint density at radius 2 is 2.17 bits per heavy atom. The third kappa shape index (κ3) is 3.37. The third-order valence-electron chi connectivity index (χ3n) is 1.61. The van der Waals surface area contributed by atoms with E-state index < -0.39 is 5.97 Å². The zero-order valence-electron chi connectivity index (χ0n) is 7.87. The van der Waals surface area contributed by atoms with E-state index in [0.29, 0.717) is 0 Å². The van der Waals surface area contributed by atoms with E-state index in [1.165, 1.54) is 7.05 Å². The number of aliphatic carboxylic acids is 1. The van der Waals surface area contributed by atoms with Crippen LogP contribution in [-0.4, -0.2) is 42.5 Å². The number of carboxylic acid groups (broad SMARTS) is 1. The van der Waals surface area contributed by atoms with Gasteiger partial charge in [0.15, 0.2) is 0 Å². The fourth-order valence-corrected chi connectivity index (χ4v) is 0.931. The maximum atomic E-state index is 10.6. The van der Waals surface area contributed by atoms with Crippen LogP contribution in [0.5, 0.6) is 0 Å². The van der Waals surface area contributed by atoms with Gasteiger partial charge >= 0.3 is 5.97 Å². The number of unbranched alkanes of at least 4 members (excludes halogenated alkanes) is 1. The molecule has 12 heavy (non-hydrogen) atoms. The van der Waals surface area contributed by atoms with Crippen LogP contribution in [0.1, 0.15) is 19.8 Å². The Morgan fingerprint density at radius 3 is 2.50 bits per heavy atom. The molecule has 0 radical (unpaired) electrons. The fourth-order valence-electron chi connectivity index (χ4n) is 0.931. The second-order valence-corrected chi connectivity index (χ2v) is 2.63. The van der Waals surface area contributed by atoms with Crippen LogP contribution < -0.4 is 0 Å². The van der Waals surface area contributed by atoms with Crippen molar-refractivity contribution in [2.24, 2.45) is 4.99 Å². The lowest BCUT2D eigenvalue weighted by molar-refractivity contribution is -0.130. The predicted molar refractivity (Wildman–Crippen MR) is 48.5 cm³/mol. The summed E-state index contributed by atoms with van der Waals surface area (Å²) in [5.41, 5.74) is 0. The van der Waals surface area contributed by atoms with Gasteiger partial charge in [0, 0.05) is 20.6 Å². The molecule has 0 atom stereocenters. The van der Waals surface area contributed by atoms with Crippen LogP contribution in [0.25, 0.3) is 0 Å². The third-order valence-corrected chi connectivity index (χ3v) is 1.61. The highest BCUT2D eigenvalue weighted by Crippen LogP contribution is 1.93. The molecule has 0 amide bonds. The normalized spacial score (nSPS) is 11.4. The first kappa shape index (κ1) is 10.9. The van der Waals surface area contributed by atoms with E-state index in [9.17, 15) is 4.79 Å². The summed E-state index contributed by atoms with van der Waals surface area (Å²) in [6.45, 7) is 2.81. The zero-order valence-corrected chi connectivity index (χ0v) is 7.87. The summed E-state index contributed by atoms with van der Waals surface area (Å²) in [4.78, 5) is 15.9. The molecule has 0 aromatic heterocycles. The van der Waals surface area contributed by atoms with Gasteiger partial charge in [0.2, 0.25) is 5.84 Å². The maximum Gasteiger partial charge on any atom is 0.371 e. The Labute approximate surface area is 72.9 Å². The van der Waals surface area contributed by atoms with Gasteiger partial charge in [0.05, 0.1) is 0 Å². The summed E-state index contributed by atoms with van der Waals surface area (Å²) < 4.78 is 0. The largest absolute Gasteiger partial charge is 0.475 e. The van der Waals surface area contributed by atoms with E-state index in [2.05, 4.69) is 11.9 Å². The van der Waals surface area contributed by atoms with Crippen molar-refractivity contribution in [3.8, 4) is 0 Å². The molecule has 0 spiro atoms. The minimum atomic E-state index is -0.962. The molecule has 0 aliphatic carbocycles. The standard InChI is InChI=1S/C8H16N2O2/c1-4-5-6-10(3)7(9-2)8(11)12/h4-6H2,1-3H3,(H,11,12). The zero-order chi connectivity index (χ0) is 9.56. The van der Waals surface area contributed by atoms with Crippen LogP contribution in [0.4, 0.5) is 0 Å². The van der Waals surface area contributed by atoms with Crippen molar-refractivity contribution in [2.75, 3.05) is 20.6 Å². The maximum absolute atomic E-state index is 10.6. The van der Waals surface area contributed by atoms with Crippen LogP contribution in [0.15, 0.2) is 4.99 Å². The van der Waals surface area contributed by atoms with Gasteiger partial charge in [-0.05, 0) is 6.42 Å². The van der Waals surface area contributed by atoms with E-state index in [1.54, 1.807) is 11.9 Å². The number of carboxylic acids is 1. The molecule has 0 unspecified atom stereocenters. The first-order valence-corrected chi connectivity index (χ1v) is 4.04. The monoisotopic (exact) mass is 172 g/mol. The lowest BCUT2D eigenvalue weighted by atomic mass is 10.3. The fraction of sp³-hybridized carbons (Fsp3) is 0.750. The van der Waals surface area contributed by atoms with Crippen LogP contribution in [0.2, 0.25) is 0 Å². The van der Waals surface area contributed by atoms with Gasteiger partial charge in [-0.2, -0.15) is 0 Å². The van der Waals surface area contributed by atoms with Gasteiger partial charge < -0.3 is 10.0 Å². The Hall–Kier alpha value is -1.06. The number of likely N-dealkylation sites (N-methyl/N-ethyl adjacent to an activating group) is 1. The Morgan fingerprint density at radius 1 is 1.58 bits per heavy atom. The van der Waals surface area contributed by atoms with E-state index in [4.69, 9.17) is 5.11 Å². The molecule has 0 saturated carbocycles. The van der Waals surface area contributed by atoms with Gasteiger partial charge in [-0.25, -0.2) is 4.79 Å². The molecule has 0 saturated heterocycles. The molecule has 1 N–H and O–H groups in total. The van der Waals surface area contributed by atoms with Crippen molar-refractivity contribution in [1.82, 2.24) is 4.90 Å². The van der Waals surface area contributed by atoms with Gasteiger partial charge in [-0.15, -0.1) is 0 Å². The lowest BCUT2D eigenvalue weighted by Gasteiger charge is -2.16. The average Bonchev–Trinajstić information content (AvgIpc) is 2.01. The van der Waals surface area contributed by atoms with Gasteiger partial charge in [0.1, 0.15) is 0 Å². The van der Waals surface area contributed by atoms with Crippen molar-refractivity contribution in [3.05, 3.63) is 0 Å². The Balaban J connectivity index is 4.05. The first-order valence-electron chi connectivity index (χ1n) is 4.04. The number of rotatable bonds is 3. The molecule has 0 aromatic carbocycles. The van der Waals surface area contributed by atoms with Crippen molar-refractivity contribution in [2.45, 2.75) is 19.8 Å². The van der Waals surface area contributed by atoms with Gasteiger partial charge in [-0.3, -0.25) is 4.99 Å². The highest BCUT2D eigenvalue weighted by molar-refractivity contribution is 6.34. The van der Waals surface area contributed by atoms with E-state index in [1.807, 2.05) is 0 Å². The van der Waals surface area contributed by atoms with E-state index in [-0.39, 0.29) is 5.84 Å². The smallest absolute Gasteiger partial charge is 0.371 e. The summed E-state index contributed by atoms with van der Waals surface area (Å²) in [6, 6.07) is 0. The van der Waals surface area contributed by atoms with E-state index in [0.717, 1.165) is 19.4 Å². The Bertz CT molecular complexity index is 178. The first-order chi connectivity index (χ1) is 5.63. The molecule has 0 rings (SSSR count). The number of aliphatic imine (C=N–C) groups is 1. The quantitative estimate of drug-likeness (QED) is 0.506. The topological polar surface area (TPSA) is 52.9 Å². The molecule has 0 bridgehead atoms. The molecule has 70 valence electrons. The summed E-state index contributed by atoms with van der Waals surface area (Å²) in [5.74, 6) is -0.834. The predicted octanol–water partition coefficient (Wildman–Crippen LogP) is 0.831. The Kier molecular flexibility index (Phi) is 5.08. The molecule has 0 fully saturated rings. The number of carbonyl (C=O) groups is 1. The van der Waals surface area contributed by atoms with E-state index >= 15 is 0 Å². The average molecular weight is 172 g/mol. The summed E-state index contributed by atoms with van der Waals surface area (Å²) in [6.07, 6.45) is 2.05. The number of amidine groups is 1. The number of hydrogen-bond acceptors (Lipinski definition) is 2. The molecular formula is C8H16N2O2. The molecule has 4 nitrogen and oxygen atoms in total. The second kappa shape index (κ2) is 5.57. The molecular weight excluding hydrogens is 156 g/mol. The lowest BCUT2D eigenvalue weighted by Crippen LogP contribution is -2.34. The summed E-state index contributed by atoms with van der Waals surface area (Å²) in [5, 5.41) is 8.67. The second-order valence-electron chi connectivity index (χ2n) is 2.63. The minimum Gasteiger partial charge on any atom is -0.475 e. The van der Waals surface area contributed by atoms with Crippen molar-refractivity contribution in [3.63, 3.8) is 0 Å². The number of nitrogens with zero attached hydrogens (tertiary/aromatic N) is 2. The minimum absolute atomic E-state index is 0.128. The van der Waals surface area contributed by atoms with Crippen LogP contribution in [-0.2, 0) is 4.79 Å². The summed E-state index contributed by atoms with van der Waals surface area (Å²) in [7, 11) is 3.23. The molecule has 0 aliphatic heterocycles. The molecule has 0 heterocycles. The van der Waals surface area contributed by atoms with Gasteiger partial charge in [0.25, 0.3) is 0 Å². The van der Waals surface area contributed by atoms with Crippen molar-refractivity contribution in [1.29, 1.82) is 0 Å². The van der Waals surface area contributed by atoms with Crippen LogP contribution >= 0.6 is 0 Å². The highest BCUT2D eigenvalue weighted by Gasteiger charge is 2.12. The highest BCUT2D eigenvalue weighted by atomic mass is 16.4. The molecule has 0 aromatic rings. The summed E-state index contributed by atoms with van der Waals surface area (Å²) >= 11 is 0. The molecule has 4 heteroatoms. The van der Waals surface area contributed by atoms with Crippen LogP contribution in [0.3, 0.4) is 0 Å². The van der Waals surface area contributed by atoms with Crippen LogP contribution in [0, 0.1) is 0 Å². The van der Waals surface area contributed by atoms with Gasteiger partial charge in [-0.1, -0.05) is 13.3 Å². The SMILES string of the molecule is CCCCN(C)C(=NC)C(=O)O. The number of hydrogen-bond donors (Lipinski definition) is 1. The van der Waals surface area contributed by atoms with Crippen molar-refractivity contribution >= 4 is 11.8 Å². The molecule has 0 aliphatic rings.